The molecule has 0 unspecified atom stereocenters. The molecule has 0 bridgehead atoms. The highest BCUT2D eigenvalue weighted by molar-refractivity contribution is 4.74. The Labute approximate surface area is 83.5 Å². The summed E-state index contributed by atoms with van der Waals surface area (Å²) >= 11 is 0. The van der Waals surface area contributed by atoms with E-state index in [9.17, 15) is 0 Å². The number of nitrogens with zero attached hydrogens (tertiary/aromatic N) is 1. The molecule has 0 aromatic rings. The molecule has 0 spiro atoms. The fourth-order valence-corrected chi connectivity index (χ4v) is 2.48. The molecule has 0 aromatic heterocycles. The van der Waals surface area contributed by atoms with Crippen LogP contribution in [0.15, 0.2) is 0 Å². The monoisotopic (exact) mass is 183 g/mol. The van der Waals surface area contributed by atoms with Crippen LogP contribution in [0.4, 0.5) is 0 Å². The summed E-state index contributed by atoms with van der Waals surface area (Å²) < 4.78 is 0. The summed E-state index contributed by atoms with van der Waals surface area (Å²) in [4.78, 5) is 2.58. The van der Waals surface area contributed by atoms with Gasteiger partial charge in [-0.2, -0.15) is 0 Å². The lowest BCUT2D eigenvalue weighted by molar-refractivity contribution is 0.169. The lowest BCUT2D eigenvalue weighted by atomic mass is 9.80. The molecule has 0 heterocycles. The Morgan fingerprint density at radius 3 is 2.23 bits per heavy atom. The molecular weight excluding hydrogens is 158 g/mol. The highest BCUT2D eigenvalue weighted by atomic mass is 15.1. The van der Waals surface area contributed by atoms with E-state index in [4.69, 9.17) is 0 Å². The molecule has 0 saturated heterocycles. The molecule has 0 N–H and O–H groups in total. The van der Waals surface area contributed by atoms with E-state index in [-0.39, 0.29) is 0 Å². The smallest absolute Gasteiger partial charge is 0.00120 e. The maximum atomic E-state index is 2.58. The Bertz CT molecular complexity index is 129. The zero-order valence-electron chi connectivity index (χ0n) is 9.55. The first-order valence-electron chi connectivity index (χ1n) is 6.00. The van der Waals surface area contributed by atoms with E-state index in [1.165, 1.54) is 45.3 Å². The van der Waals surface area contributed by atoms with Gasteiger partial charge in [-0.25, -0.2) is 0 Å². The van der Waals surface area contributed by atoms with Crippen molar-refractivity contribution in [3.8, 4) is 0 Å². The first-order chi connectivity index (χ1) is 6.27. The van der Waals surface area contributed by atoms with Crippen LogP contribution in [0.3, 0.4) is 0 Å². The summed E-state index contributed by atoms with van der Waals surface area (Å²) in [6.07, 6.45) is 5.87. The maximum Gasteiger partial charge on any atom is 0.00120 e. The van der Waals surface area contributed by atoms with Gasteiger partial charge in [0.25, 0.3) is 0 Å². The van der Waals surface area contributed by atoms with Crippen molar-refractivity contribution in [1.29, 1.82) is 0 Å². The van der Waals surface area contributed by atoms with E-state index in [0.29, 0.717) is 0 Å². The van der Waals surface area contributed by atoms with Crippen LogP contribution >= 0.6 is 0 Å². The van der Waals surface area contributed by atoms with Crippen LogP contribution in [0.1, 0.15) is 46.5 Å². The molecule has 1 saturated carbocycles. The van der Waals surface area contributed by atoms with Crippen LogP contribution in [-0.4, -0.2) is 24.5 Å². The molecule has 0 aromatic carbocycles. The Morgan fingerprint density at radius 1 is 1.08 bits per heavy atom. The van der Waals surface area contributed by atoms with Gasteiger partial charge in [-0.05, 0) is 31.3 Å². The second kappa shape index (κ2) is 5.64. The van der Waals surface area contributed by atoms with E-state index in [2.05, 4.69) is 25.7 Å². The average Bonchev–Trinajstić information content (AvgIpc) is 2.17. The molecule has 13 heavy (non-hydrogen) atoms. The van der Waals surface area contributed by atoms with Crippen molar-refractivity contribution in [3.05, 3.63) is 0 Å². The van der Waals surface area contributed by atoms with Gasteiger partial charge in [0.05, 0.1) is 0 Å². The van der Waals surface area contributed by atoms with E-state index in [1.807, 2.05) is 0 Å². The fraction of sp³-hybridized carbons (Fsp3) is 1.00. The summed E-state index contributed by atoms with van der Waals surface area (Å²) in [7, 11) is 0. The first kappa shape index (κ1) is 11.0. The molecule has 1 rings (SSSR count). The van der Waals surface area contributed by atoms with Gasteiger partial charge in [-0.3, -0.25) is 0 Å². The third-order valence-corrected chi connectivity index (χ3v) is 3.68. The van der Waals surface area contributed by atoms with Crippen molar-refractivity contribution in [3.63, 3.8) is 0 Å². The minimum absolute atomic E-state index is 0.967. The van der Waals surface area contributed by atoms with Crippen molar-refractivity contribution in [2.45, 2.75) is 46.5 Å². The minimum atomic E-state index is 0.967. The topological polar surface area (TPSA) is 3.24 Å². The van der Waals surface area contributed by atoms with Gasteiger partial charge in [-0.1, -0.05) is 40.0 Å². The number of hydrogen-bond donors (Lipinski definition) is 0. The summed E-state index contributed by atoms with van der Waals surface area (Å²) in [5.74, 6) is 1.95. The van der Waals surface area contributed by atoms with Gasteiger partial charge in [-0.15, -0.1) is 0 Å². The lowest BCUT2D eigenvalue weighted by Gasteiger charge is -2.32. The van der Waals surface area contributed by atoms with Crippen molar-refractivity contribution < 1.29 is 0 Å². The highest BCUT2D eigenvalue weighted by Crippen LogP contribution is 2.29. The van der Waals surface area contributed by atoms with Crippen molar-refractivity contribution in [2.75, 3.05) is 19.6 Å². The van der Waals surface area contributed by atoms with Crippen LogP contribution in [0.2, 0.25) is 0 Å². The Balaban J connectivity index is 2.32. The van der Waals surface area contributed by atoms with Crippen molar-refractivity contribution in [1.82, 2.24) is 4.90 Å². The molecule has 1 fully saturated rings. The quantitative estimate of drug-likeness (QED) is 0.647. The van der Waals surface area contributed by atoms with Crippen LogP contribution in [0.25, 0.3) is 0 Å². The normalized spacial score (nSPS) is 29.5. The van der Waals surface area contributed by atoms with Crippen molar-refractivity contribution in [2.24, 2.45) is 11.8 Å². The van der Waals surface area contributed by atoms with Crippen LogP contribution in [0.5, 0.6) is 0 Å². The van der Waals surface area contributed by atoms with Gasteiger partial charge in [0, 0.05) is 6.54 Å². The summed E-state index contributed by atoms with van der Waals surface area (Å²) in [6.45, 7) is 10.8. The molecule has 1 nitrogen and oxygen atoms in total. The molecule has 0 aliphatic heterocycles. The zero-order chi connectivity index (χ0) is 9.68. The molecule has 78 valence electrons. The predicted octanol–water partition coefficient (Wildman–Crippen LogP) is 3.15. The van der Waals surface area contributed by atoms with E-state index < -0.39 is 0 Å². The van der Waals surface area contributed by atoms with Gasteiger partial charge < -0.3 is 4.90 Å². The van der Waals surface area contributed by atoms with Crippen molar-refractivity contribution >= 4 is 0 Å². The summed E-state index contributed by atoms with van der Waals surface area (Å²) in [5, 5.41) is 0. The van der Waals surface area contributed by atoms with Gasteiger partial charge in [0.15, 0.2) is 0 Å². The number of rotatable bonds is 4. The predicted molar refractivity (Wildman–Crippen MR) is 58.9 cm³/mol. The molecule has 2 atom stereocenters. The maximum absolute atomic E-state index is 2.58. The van der Waals surface area contributed by atoms with Gasteiger partial charge in [0.1, 0.15) is 0 Å². The van der Waals surface area contributed by atoms with Gasteiger partial charge >= 0.3 is 0 Å². The largest absolute Gasteiger partial charge is 0.304 e. The standard InChI is InChI=1S/C12H25N/c1-4-13(5-2)10-12-9-7-6-8-11(12)3/h11-12H,4-10H2,1-3H3/t11-,12+/m0/s1. The molecule has 0 amide bonds. The summed E-state index contributed by atoms with van der Waals surface area (Å²) in [6, 6.07) is 0. The average molecular weight is 183 g/mol. The van der Waals surface area contributed by atoms with E-state index in [0.717, 1.165) is 11.8 Å². The molecule has 1 aliphatic rings. The molecule has 1 heteroatoms. The first-order valence-corrected chi connectivity index (χ1v) is 6.00. The van der Waals surface area contributed by atoms with E-state index >= 15 is 0 Å². The molecule has 1 aliphatic carbocycles. The molecule has 0 radical (unpaired) electrons. The van der Waals surface area contributed by atoms with Crippen LogP contribution in [0, 0.1) is 11.8 Å². The second-order valence-electron chi connectivity index (χ2n) is 4.51. The SMILES string of the molecule is CCN(CC)C[C@H]1CCCC[C@@H]1C. The van der Waals surface area contributed by atoms with Crippen LogP contribution in [-0.2, 0) is 0 Å². The lowest BCUT2D eigenvalue weighted by Crippen LogP contribution is -2.33. The minimum Gasteiger partial charge on any atom is -0.304 e. The Morgan fingerprint density at radius 2 is 1.69 bits per heavy atom. The summed E-state index contributed by atoms with van der Waals surface area (Å²) in [5.41, 5.74) is 0. The highest BCUT2D eigenvalue weighted by Gasteiger charge is 2.22. The third kappa shape index (κ3) is 3.30. The Hall–Kier alpha value is -0.0400. The zero-order valence-corrected chi connectivity index (χ0v) is 9.55. The van der Waals surface area contributed by atoms with Crippen LogP contribution < -0.4 is 0 Å². The van der Waals surface area contributed by atoms with Gasteiger partial charge in [0.2, 0.25) is 0 Å². The van der Waals surface area contributed by atoms with E-state index in [1.54, 1.807) is 0 Å². The Kier molecular flexibility index (Phi) is 4.79. The third-order valence-electron chi connectivity index (χ3n) is 3.68. The number of hydrogen-bond acceptors (Lipinski definition) is 1. The second-order valence-corrected chi connectivity index (χ2v) is 4.51. The molecular formula is C12H25N. The fourth-order valence-electron chi connectivity index (χ4n) is 2.48.